The molecule has 128 valence electrons. The predicted octanol–water partition coefficient (Wildman–Crippen LogP) is 4.38. The first-order valence-electron chi connectivity index (χ1n) is 7.86. The van der Waals surface area contributed by atoms with Crippen LogP contribution in [-0.4, -0.2) is 17.9 Å². The lowest BCUT2D eigenvalue weighted by atomic mass is 10.1. The van der Waals surface area contributed by atoms with Crippen molar-refractivity contribution in [1.82, 2.24) is 5.43 Å². The van der Waals surface area contributed by atoms with E-state index in [1.807, 2.05) is 68.6 Å². The fourth-order valence-corrected chi connectivity index (χ4v) is 2.47. The van der Waals surface area contributed by atoms with Crippen molar-refractivity contribution >= 4 is 23.3 Å². The van der Waals surface area contributed by atoms with E-state index in [-0.39, 0.29) is 6.23 Å². The summed E-state index contributed by atoms with van der Waals surface area (Å²) in [5.74, 6) is 2.89. The molecule has 0 saturated carbocycles. The molecule has 6 heteroatoms. The molecule has 2 aromatic rings. The van der Waals surface area contributed by atoms with Crippen molar-refractivity contribution < 1.29 is 9.47 Å². The van der Waals surface area contributed by atoms with Crippen LogP contribution in [-0.2, 0) is 4.74 Å². The van der Waals surface area contributed by atoms with Crippen LogP contribution in [0.5, 0.6) is 11.5 Å². The van der Waals surface area contributed by atoms with Crippen molar-refractivity contribution in [3.8, 4) is 11.5 Å². The van der Waals surface area contributed by atoms with Crippen molar-refractivity contribution in [1.29, 1.82) is 0 Å². The maximum Gasteiger partial charge on any atom is 0.218 e. The van der Waals surface area contributed by atoms with Crippen LogP contribution in [0.2, 0.25) is 0 Å². The van der Waals surface area contributed by atoms with Gasteiger partial charge in [0, 0.05) is 5.69 Å². The first-order valence-corrected chi connectivity index (χ1v) is 9.25. The zero-order valence-electron chi connectivity index (χ0n) is 14.2. The van der Waals surface area contributed by atoms with E-state index in [1.54, 1.807) is 11.8 Å². The first kappa shape index (κ1) is 18.0. The molecular formula is C18H23N3O2S. The summed E-state index contributed by atoms with van der Waals surface area (Å²) in [5, 5.41) is 4.19. The number of anilines is 1. The average molecular weight is 345 g/mol. The third-order valence-corrected chi connectivity index (χ3v) is 3.67. The van der Waals surface area contributed by atoms with Gasteiger partial charge in [0.2, 0.25) is 12.1 Å². The molecule has 1 heterocycles. The maximum atomic E-state index is 5.94. The van der Waals surface area contributed by atoms with E-state index in [2.05, 4.69) is 10.5 Å². The van der Waals surface area contributed by atoms with Crippen LogP contribution in [0, 0.1) is 0 Å². The topological polar surface area (TPSA) is 68.9 Å². The Morgan fingerprint density at radius 1 is 1.17 bits per heavy atom. The molecule has 0 aliphatic carbocycles. The quantitative estimate of drug-likeness (QED) is 0.787. The largest absolute Gasteiger partial charge is 0.457 e. The molecule has 1 aliphatic heterocycles. The molecule has 3 N–H and O–H groups in total. The number of nitrogen functional groups attached to an aromatic ring is 1. The molecule has 0 fully saturated rings. The maximum absolute atomic E-state index is 5.94. The highest BCUT2D eigenvalue weighted by molar-refractivity contribution is 7.99. The number of nitrogens with zero attached hydrogens (tertiary/aromatic N) is 1. The Morgan fingerprint density at radius 3 is 2.58 bits per heavy atom. The molecule has 0 saturated heterocycles. The second kappa shape index (κ2) is 9.08. The first-order chi connectivity index (χ1) is 11.8. The number of nitrogens with one attached hydrogen (secondary N) is 1. The molecule has 24 heavy (non-hydrogen) atoms. The van der Waals surface area contributed by atoms with Crippen LogP contribution < -0.4 is 15.9 Å². The molecular weight excluding hydrogens is 322 g/mol. The summed E-state index contributed by atoms with van der Waals surface area (Å²) < 4.78 is 11.7. The Bertz CT molecular complexity index is 674. The van der Waals surface area contributed by atoms with E-state index in [4.69, 9.17) is 15.2 Å². The van der Waals surface area contributed by atoms with Gasteiger partial charge < -0.3 is 15.2 Å². The zero-order chi connectivity index (χ0) is 17.4. The molecule has 1 unspecified atom stereocenters. The van der Waals surface area contributed by atoms with Crippen molar-refractivity contribution in [3.63, 3.8) is 0 Å². The second-order valence-corrected chi connectivity index (χ2v) is 5.64. The summed E-state index contributed by atoms with van der Waals surface area (Å²) in [6.07, 6.45) is 1.68. The highest BCUT2D eigenvalue weighted by Crippen LogP contribution is 2.32. The van der Waals surface area contributed by atoms with Gasteiger partial charge in [-0.3, -0.25) is 5.43 Å². The van der Waals surface area contributed by atoms with Crippen LogP contribution in [0.25, 0.3) is 0 Å². The number of benzene rings is 2. The molecule has 2 aromatic carbocycles. The predicted molar refractivity (Wildman–Crippen MR) is 101 cm³/mol. The molecule has 1 atom stereocenters. The van der Waals surface area contributed by atoms with Gasteiger partial charge in [-0.05, 0) is 42.7 Å². The summed E-state index contributed by atoms with van der Waals surface area (Å²) >= 11 is 1.67. The number of hydrogen-bond donors (Lipinski definition) is 2. The van der Waals surface area contributed by atoms with Gasteiger partial charge in [-0.15, -0.1) is 5.10 Å². The standard InChI is InChI=1S/C16H17N3O2S.C2H6/c1-22-10-15-18-19-16(21-15)13-4-2-3-5-14(13)20-12-8-6-11(17)7-9-12;1-2/h2-9,16,19H,10,17H2,1H3;1-2H3. The molecule has 0 bridgehead atoms. The average Bonchev–Trinajstić information content (AvgIpc) is 3.08. The zero-order valence-corrected chi connectivity index (χ0v) is 15.0. The Hall–Kier alpha value is -2.34. The lowest BCUT2D eigenvalue weighted by Gasteiger charge is -2.16. The highest BCUT2D eigenvalue weighted by atomic mass is 32.2. The molecule has 0 aromatic heterocycles. The third kappa shape index (κ3) is 4.58. The van der Waals surface area contributed by atoms with Crippen molar-refractivity contribution in [3.05, 3.63) is 54.1 Å². The van der Waals surface area contributed by atoms with Gasteiger partial charge in [-0.2, -0.15) is 11.8 Å². The summed E-state index contributed by atoms with van der Waals surface area (Å²) in [5.41, 5.74) is 10.3. The van der Waals surface area contributed by atoms with Gasteiger partial charge in [0.15, 0.2) is 0 Å². The van der Waals surface area contributed by atoms with E-state index >= 15 is 0 Å². The molecule has 0 amide bonds. The number of nitrogens with two attached hydrogens (primary N) is 1. The number of ether oxygens (including phenoxy) is 2. The Labute approximate surface area is 147 Å². The molecule has 1 aliphatic rings. The Kier molecular flexibility index (Phi) is 6.81. The summed E-state index contributed by atoms with van der Waals surface area (Å²) in [7, 11) is 0. The van der Waals surface area contributed by atoms with Crippen LogP contribution in [0.15, 0.2) is 53.6 Å². The minimum atomic E-state index is -0.327. The summed E-state index contributed by atoms with van der Waals surface area (Å²) in [4.78, 5) is 0. The lowest BCUT2D eigenvalue weighted by Crippen LogP contribution is -2.13. The van der Waals surface area contributed by atoms with Gasteiger partial charge in [0.1, 0.15) is 11.5 Å². The van der Waals surface area contributed by atoms with E-state index in [9.17, 15) is 0 Å². The van der Waals surface area contributed by atoms with E-state index < -0.39 is 0 Å². The minimum Gasteiger partial charge on any atom is -0.457 e. The van der Waals surface area contributed by atoms with Gasteiger partial charge in [0.05, 0.1) is 11.3 Å². The van der Waals surface area contributed by atoms with Gasteiger partial charge in [-0.25, -0.2) is 0 Å². The Balaban J connectivity index is 0.00000100. The van der Waals surface area contributed by atoms with E-state index in [1.165, 1.54) is 0 Å². The van der Waals surface area contributed by atoms with Gasteiger partial charge in [-0.1, -0.05) is 26.0 Å². The minimum absolute atomic E-state index is 0.327. The molecule has 0 radical (unpaired) electrons. The van der Waals surface area contributed by atoms with E-state index in [0.29, 0.717) is 11.6 Å². The number of hydrogen-bond acceptors (Lipinski definition) is 6. The van der Waals surface area contributed by atoms with Crippen molar-refractivity contribution in [2.75, 3.05) is 17.7 Å². The fourth-order valence-electron chi connectivity index (χ4n) is 2.10. The van der Waals surface area contributed by atoms with E-state index in [0.717, 1.165) is 22.8 Å². The highest BCUT2D eigenvalue weighted by Gasteiger charge is 2.23. The third-order valence-electron chi connectivity index (χ3n) is 3.14. The van der Waals surface area contributed by atoms with Gasteiger partial charge >= 0.3 is 0 Å². The van der Waals surface area contributed by atoms with Crippen LogP contribution >= 0.6 is 11.8 Å². The number of rotatable bonds is 5. The Morgan fingerprint density at radius 2 is 1.88 bits per heavy atom. The van der Waals surface area contributed by atoms with Crippen LogP contribution in [0.3, 0.4) is 0 Å². The monoisotopic (exact) mass is 345 g/mol. The van der Waals surface area contributed by atoms with Crippen molar-refractivity contribution in [2.45, 2.75) is 20.1 Å². The van der Waals surface area contributed by atoms with Gasteiger partial charge in [0.25, 0.3) is 0 Å². The smallest absolute Gasteiger partial charge is 0.218 e. The molecule has 3 rings (SSSR count). The van der Waals surface area contributed by atoms with Crippen molar-refractivity contribution in [2.24, 2.45) is 5.10 Å². The normalized spacial score (nSPS) is 15.5. The number of para-hydroxylation sites is 1. The molecule has 0 spiro atoms. The van der Waals surface area contributed by atoms with Crippen LogP contribution in [0.4, 0.5) is 5.69 Å². The number of hydrazone groups is 1. The fraction of sp³-hybridized carbons (Fsp3) is 0.278. The second-order valence-electron chi connectivity index (χ2n) is 4.77. The summed E-state index contributed by atoms with van der Waals surface area (Å²) in [6, 6.07) is 15.0. The summed E-state index contributed by atoms with van der Waals surface area (Å²) in [6.45, 7) is 4.00. The number of thioether (sulfide) groups is 1. The van der Waals surface area contributed by atoms with Crippen LogP contribution in [0.1, 0.15) is 25.6 Å². The lowest BCUT2D eigenvalue weighted by molar-refractivity contribution is 0.186. The SMILES string of the molecule is CC.CSCC1=NNC(c2ccccc2Oc2ccc(N)cc2)O1. The molecule has 5 nitrogen and oxygen atoms in total.